The van der Waals surface area contributed by atoms with Gasteiger partial charge in [0.1, 0.15) is 12.4 Å². The molecule has 2 aromatic rings. The van der Waals surface area contributed by atoms with Gasteiger partial charge >= 0.3 is 0 Å². The first-order valence-corrected chi connectivity index (χ1v) is 13.9. The largest absolute Gasteiger partial charge is 0.401 e. The van der Waals surface area contributed by atoms with Gasteiger partial charge in [-0.05, 0) is 28.3 Å². The molecular formula is C27H36O4Si. The highest BCUT2D eigenvalue weighted by atomic mass is 28.4. The molecule has 1 saturated carbocycles. The third-order valence-corrected chi connectivity index (χ3v) is 12.0. The SMILES string of the molecule is CC(C)(C)[Si](O[C@@H](CC=O)[C@H]1COC2(CCCCC2)O1)(c1ccccc1)c1ccccc1. The highest BCUT2D eigenvalue weighted by molar-refractivity contribution is 6.99. The van der Waals surface area contributed by atoms with E-state index in [1.807, 2.05) is 12.1 Å². The zero-order valence-electron chi connectivity index (χ0n) is 19.6. The Morgan fingerprint density at radius 2 is 1.56 bits per heavy atom. The smallest absolute Gasteiger partial charge is 0.261 e. The lowest BCUT2D eigenvalue weighted by molar-refractivity contribution is -0.194. The van der Waals surface area contributed by atoms with E-state index in [2.05, 4.69) is 69.3 Å². The second-order valence-electron chi connectivity index (χ2n) is 10.2. The normalized spacial score (nSPS) is 22.0. The summed E-state index contributed by atoms with van der Waals surface area (Å²) >= 11 is 0. The van der Waals surface area contributed by atoms with Crippen molar-refractivity contribution in [1.29, 1.82) is 0 Å². The fourth-order valence-electron chi connectivity index (χ4n) is 5.40. The Kier molecular flexibility index (Phi) is 7.01. The van der Waals surface area contributed by atoms with Gasteiger partial charge in [0.2, 0.25) is 0 Å². The van der Waals surface area contributed by atoms with Gasteiger partial charge in [0.15, 0.2) is 5.79 Å². The van der Waals surface area contributed by atoms with Crippen LogP contribution in [0.5, 0.6) is 0 Å². The van der Waals surface area contributed by atoms with E-state index in [1.54, 1.807) is 0 Å². The van der Waals surface area contributed by atoms with Crippen molar-refractivity contribution >= 4 is 25.0 Å². The molecule has 4 nitrogen and oxygen atoms in total. The number of carbonyl (C=O) groups is 1. The van der Waals surface area contributed by atoms with Crippen LogP contribution < -0.4 is 10.4 Å². The molecule has 2 atom stereocenters. The Morgan fingerprint density at radius 3 is 2.06 bits per heavy atom. The molecule has 0 amide bonds. The van der Waals surface area contributed by atoms with Crippen LogP contribution in [0, 0.1) is 0 Å². The third-order valence-electron chi connectivity index (χ3n) is 6.98. The van der Waals surface area contributed by atoms with Crippen molar-refractivity contribution in [3.63, 3.8) is 0 Å². The fraction of sp³-hybridized carbons (Fsp3) is 0.519. The molecule has 0 unspecified atom stereocenters. The van der Waals surface area contributed by atoms with Gasteiger partial charge < -0.3 is 18.7 Å². The van der Waals surface area contributed by atoms with E-state index in [4.69, 9.17) is 13.9 Å². The number of benzene rings is 2. The molecule has 0 radical (unpaired) electrons. The first-order valence-electron chi connectivity index (χ1n) is 11.9. The minimum absolute atomic E-state index is 0.154. The number of hydrogen-bond acceptors (Lipinski definition) is 4. The summed E-state index contributed by atoms with van der Waals surface area (Å²) in [6, 6.07) is 21.1. The Balaban J connectivity index is 1.74. The number of rotatable bonds is 7. The van der Waals surface area contributed by atoms with Crippen LogP contribution in [0.3, 0.4) is 0 Å². The molecule has 0 bridgehead atoms. The quantitative estimate of drug-likeness (QED) is 0.455. The monoisotopic (exact) mass is 452 g/mol. The third kappa shape index (κ3) is 4.49. The Labute approximate surface area is 193 Å². The van der Waals surface area contributed by atoms with Crippen LogP contribution in [0.15, 0.2) is 60.7 Å². The molecule has 2 aromatic carbocycles. The molecule has 0 N–H and O–H groups in total. The van der Waals surface area contributed by atoms with E-state index >= 15 is 0 Å². The van der Waals surface area contributed by atoms with Crippen LogP contribution in [0.25, 0.3) is 0 Å². The highest BCUT2D eigenvalue weighted by Gasteiger charge is 2.54. The number of carbonyl (C=O) groups excluding carboxylic acids is 1. The second kappa shape index (κ2) is 9.60. The molecule has 1 saturated heterocycles. The van der Waals surface area contributed by atoms with Gasteiger partial charge in [-0.3, -0.25) is 0 Å². The van der Waals surface area contributed by atoms with E-state index in [1.165, 1.54) is 16.8 Å². The average Bonchev–Trinajstić information content (AvgIpc) is 3.20. The second-order valence-corrected chi connectivity index (χ2v) is 14.4. The van der Waals surface area contributed by atoms with Crippen LogP contribution >= 0.6 is 0 Å². The van der Waals surface area contributed by atoms with E-state index in [0.717, 1.165) is 32.0 Å². The molecule has 5 heteroatoms. The van der Waals surface area contributed by atoms with Gasteiger partial charge in [-0.15, -0.1) is 0 Å². The van der Waals surface area contributed by atoms with Crippen molar-refractivity contribution in [2.75, 3.05) is 6.61 Å². The molecule has 172 valence electrons. The molecule has 4 rings (SSSR count). The molecule has 1 heterocycles. The fourth-order valence-corrected chi connectivity index (χ4v) is 10.1. The van der Waals surface area contributed by atoms with Gasteiger partial charge in [0, 0.05) is 19.3 Å². The van der Waals surface area contributed by atoms with Gasteiger partial charge in [0.25, 0.3) is 8.32 Å². The van der Waals surface area contributed by atoms with Crippen molar-refractivity contribution < 1.29 is 18.7 Å². The predicted octanol–water partition coefficient (Wildman–Crippen LogP) is 4.60. The lowest BCUT2D eigenvalue weighted by atomic mass is 9.94. The molecule has 1 aliphatic carbocycles. The van der Waals surface area contributed by atoms with Crippen molar-refractivity contribution in [2.45, 2.75) is 82.3 Å². The van der Waals surface area contributed by atoms with Gasteiger partial charge in [0.05, 0.1) is 12.7 Å². The maximum Gasteiger partial charge on any atom is 0.261 e. The Hall–Kier alpha value is -1.79. The zero-order valence-corrected chi connectivity index (χ0v) is 20.6. The topological polar surface area (TPSA) is 44.8 Å². The maximum atomic E-state index is 11.8. The predicted molar refractivity (Wildman–Crippen MR) is 130 cm³/mol. The average molecular weight is 453 g/mol. The molecule has 1 aliphatic heterocycles. The molecule has 0 aromatic heterocycles. The number of aldehydes is 1. The minimum Gasteiger partial charge on any atom is -0.401 e. The molecule has 32 heavy (non-hydrogen) atoms. The summed E-state index contributed by atoms with van der Waals surface area (Å²) in [5, 5.41) is 2.26. The molecule has 2 aliphatic rings. The summed E-state index contributed by atoms with van der Waals surface area (Å²) in [4.78, 5) is 11.8. The van der Waals surface area contributed by atoms with Crippen LogP contribution in [0.2, 0.25) is 5.04 Å². The molecule has 1 spiro atoms. The number of hydrogen-bond donors (Lipinski definition) is 0. The van der Waals surface area contributed by atoms with Crippen LogP contribution in [0.4, 0.5) is 0 Å². The lowest BCUT2D eigenvalue weighted by Gasteiger charge is -2.46. The van der Waals surface area contributed by atoms with E-state index in [0.29, 0.717) is 13.0 Å². The van der Waals surface area contributed by atoms with Crippen molar-refractivity contribution in [2.24, 2.45) is 0 Å². The molecular weight excluding hydrogens is 416 g/mol. The van der Waals surface area contributed by atoms with Gasteiger partial charge in [-0.25, -0.2) is 0 Å². The minimum atomic E-state index is -2.77. The summed E-state index contributed by atoms with van der Waals surface area (Å²) in [5.41, 5.74) is 0. The standard InChI is InChI=1S/C27H36O4Si/c1-26(2,3)32(22-13-7-4-8-14-22,23-15-9-5-10-16-23)31-24(17-20-28)25-21-29-27(30-25)18-11-6-12-19-27/h4-5,7-10,13-16,20,24-25H,6,11-12,17-19,21H2,1-3H3/t24-,25+/m0/s1. The molecule has 2 fully saturated rings. The highest BCUT2D eigenvalue weighted by Crippen LogP contribution is 2.42. The Morgan fingerprint density at radius 1 is 1.00 bits per heavy atom. The zero-order chi connectivity index (χ0) is 22.7. The van der Waals surface area contributed by atoms with E-state index < -0.39 is 14.1 Å². The summed E-state index contributed by atoms with van der Waals surface area (Å²) in [7, 11) is -2.77. The van der Waals surface area contributed by atoms with Crippen molar-refractivity contribution in [3.05, 3.63) is 60.7 Å². The van der Waals surface area contributed by atoms with Crippen molar-refractivity contribution in [3.8, 4) is 0 Å². The van der Waals surface area contributed by atoms with Crippen LogP contribution in [-0.4, -0.2) is 39.2 Å². The van der Waals surface area contributed by atoms with Crippen molar-refractivity contribution in [1.82, 2.24) is 0 Å². The summed E-state index contributed by atoms with van der Waals surface area (Å²) in [5.74, 6) is -0.487. The lowest BCUT2D eigenvalue weighted by Crippen LogP contribution is -2.68. The first-order chi connectivity index (χ1) is 15.4. The Bertz CT molecular complexity index is 832. The first kappa shape index (κ1) is 23.4. The van der Waals surface area contributed by atoms with Gasteiger partial charge in [-0.2, -0.15) is 0 Å². The van der Waals surface area contributed by atoms with Crippen LogP contribution in [0.1, 0.15) is 59.3 Å². The van der Waals surface area contributed by atoms with E-state index in [-0.39, 0.29) is 17.2 Å². The number of ether oxygens (including phenoxy) is 2. The summed E-state index contributed by atoms with van der Waals surface area (Å²) in [6.07, 6.45) is 6.02. The van der Waals surface area contributed by atoms with Crippen LogP contribution in [-0.2, 0) is 18.7 Å². The summed E-state index contributed by atoms with van der Waals surface area (Å²) < 4.78 is 20.0. The van der Waals surface area contributed by atoms with Gasteiger partial charge in [-0.1, -0.05) is 87.9 Å². The summed E-state index contributed by atoms with van der Waals surface area (Å²) in [6.45, 7) is 7.25. The maximum absolute atomic E-state index is 11.8. The van der Waals surface area contributed by atoms with E-state index in [9.17, 15) is 4.79 Å².